The number of carbonyl (C=O) groups is 2. The topological polar surface area (TPSA) is 80.1 Å². The molecule has 0 aromatic heterocycles. The number of hydrogen-bond acceptors (Lipinski definition) is 5. The van der Waals surface area contributed by atoms with Crippen LogP contribution < -0.4 is 10.1 Å². The van der Waals surface area contributed by atoms with Crippen LogP contribution in [0, 0.1) is 5.82 Å². The van der Waals surface area contributed by atoms with Gasteiger partial charge < -0.3 is 10.1 Å². The molecule has 3 rings (SSSR count). The number of benzene rings is 3. The van der Waals surface area contributed by atoms with Gasteiger partial charge >= 0.3 is 0 Å². The highest BCUT2D eigenvalue weighted by Crippen LogP contribution is 2.20. The highest BCUT2D eigenvalue weighted by molar-refractivity contribution is 5.94. The van der Waals surface area contributed by atoms with Crippen molar-refractivity contribution in [1.82, 2.24) is 0 Å². The summed E-state index contributed by atoms with van der Waals surface area (Å²) in [5.41, 5.74) is 1.93. The molecule has 0 fully saturated rings. The maximum absolute atomic E-state index is 13.8. The first-order chi connectivity index (χ1) is 14.0. The van der Waals surface area contributed by atoms with Crippen LogP contribution in [-0.2, 0) is 4.79 Å². The Morgan fingerprint density at radius 3 is 2.21 bits per heavy atom. The number of hydrogen-bond donors (Lipinski definition) is 1. The summed E-state index contributed by atoms with van der Waals surface area (Å²) in [6.07, 6.45) is 0. The van der Waals surface area contributed by atoms with Crippen LogP contribution in [0.25, 0.3) is 0 Å². The molecule has 3 aromatic carbocycles. The fourth-order valence-corrected chi connectivity index (χ4v) is 2.44. The second-order valence-corrected chi connectivity index (χ2v) is 6.12. The molecule has 0 unspecified atom stereocenters. The molecule has 0 heterocycles. The normalized spacial score (nSPS) is 10.7. The lowest BCUT2D eigenvalue weighted by Gasteiger charge is -2.08. The van der Waals surface area contributed by atoms with Gasteiger partial charge in [0.2, 0.25) is 0 Å². The standard InChI is InChI=1S/C22H18FN3O3/c1-15(27)20-12-11-19(13-21(20)23)29-14-22(28)24-16-7-9-18(10-8-16)26-25-17-5-3-2-4-6-17/h2-13H,14H2,1H3,(H,24,28). The molecule has 3 aromatic rings. The monoisotopic (exact) mass is 391 g/mol. The number of ether oxygens (including phenoxy) is 1. The van der Waals surface area contributed by atoms with E-state index in [0.717, 1.165) is 11.8 Å². The number of amides is 1. The summed E-state index contributed by atoms with van der Waals surface area (Å²) in [5.74, 6) is -1.30. The van der Waals surface area contributed by atoms with E-state index in [2.05, 4.69) is 15.5 Å². The highest BCUT2D eigenvalue weighted by Gasteiger charge is 2.10. The summed E-state index contributed by atoms with van der Waals surface area (Å²) < 4.78 is 19.0. The molecule has 0 aliphatic carbocycles. The molecule has 1 N–H and O–H groups in total. The summed E-state index contributed by atoms with van der Waals surface area (Å²) in [6.45, 7) is 0.981. The van der Waals surface area contributed by atoms with Crippen LogP contribution in [0.2, 0.25) is 0 Å². The lowest BCUT2D eigenvalue weighted by molar-refractivity contribution is -0.118. The Kier molecular flexibility index (Phi) is 6.42. The van der Waals surface area contributed by atoms with Crippen LogP contribution >= 0.6 is 0 Å². The van der Waals surface area contributed by atoms with E-state index >= 15 is 0 Å². The van der Waals surface area contributed by atoms with Crippen LogP contribution in [0.1, 0.15) is 17.3 Å². The second kappa shape index (κ2) is 9.36. The maximum atomic E-state index is 13.8. The number of ketones is 1. The molecule has 0 aliphatic rings. The van der Waals surface area contributed by atoms with E-state index in [9.17, 15) is 14.0 Å². The number of halogens is 1. The average Bonchev–Trinajstić information content (AvgIpc) is 2.72. The molecule has 0 atom stereocenters. The Labute approximate surface area is 167 Å². The lowest BCUT2D eigenvalue weighted by Crippen LogP contribution is -2.20. The van der Waals surface area contributed by atoms with Crippen molar-refractivity contribution >= 4 is 28.8 Å². The third kappa shape index (κ3) is 5.80. The molecule has 29 heavy (non-hydrogen) atoms. The molecule has 0 saturated heterocycles. The Balaban J connectivity index is 1.52. The van der Waals surface area contributed by atoms with Crippen molar-refractivity contribution in [3.63, 3.8) is 0 Å². The van der Waals surface area contributed by atoms with Gasteiger partial charge in [-0.25, -0.2) is 4.39 Å². The molecule has 0 saturated carbocycles. The van der Waals surface area contributed by atoms with E-state index in [1.54, 1.807) is 24.3 Å². The Morgan fingerprint density at radius 1 is 0.931 bits per heavy atom. The minimum atomic E-state index is -0.685. The maximum Gasteiger partial charge on any atom is 0.262 e. The molecular formula is C22H18FN3O3. The third-order valence-electron chi connectivity index (χ3n) is 3.88. The number of azo groups is 1. The molecular weight excluding hydrogens is 373 g/mol. The molecule has 146 valence electrons. The van der Waals surface area contributed by atoms with E-state index < -0.39 is 11.7 Å². The van der Waals surface area contributed by atoms with Crippen molar-refractivity contribution in [3.8, 4) is 5.75 Å². The van der Waals surface area contributed by atoms with Crippen molar-refractivity contribution in [2.24, 2.45) is 10.2 Å². The van der Waals surface area contributed by atoms with Crippen LogP contribution in [0.3, 0.4) is 0 Å². The zero-order valence-corrected chi connectivity index (χ0v) is 15.6. The Hall–Kier alpha value is -3.87. The summed E-state index contributed by atoms with van der Waals surface area (Å²) >= 11 is 0. The number of rotatable bonds is 7. The molecule has 0 spiro atoms. The molecule has 0 aliphatic heterocycles. The van der Waals surface area contributed by atoms with Crippen molar-refractivity contribution in [2.75, 3.05) is 11.9 Å². The first kappa shape index (κ1) is 19.9. The molecule has 0 bridgehead atoms. The van der Waals surface area contributed by atoms with E-state index in [0.29, 0.717) is 11.4 Å². The third-order valence-corrected chi connectivity index (χ3v) is 3.88. The van der Waals surface area contributed by atoms with Crippen molar-refractivity contribution < 1.29 is 18.7 Å². The fourth-order valence-electron chi connectivity index (χ4n) is 2.44. The Morgan fingerprint density at radius 2 is 1.59 bits per heavy atom. The van der Waals surface area contributed by atoms with Gasteiger partial charge in [-0.1, -0.05) is 18.2 Å². The van der Waals surface area contributed by atoms with E-state index in [1.165, 1.54) is 19.1 Å². The van der Waals surface area contributed by atoms with Gasteiger partial charge in [0.15, 0.2) is 12.4 Å². The predicted molar refractivity (Wildman–Crippen MR) is 108 cm³/mol. The molecule has 1 amide bonds. The summed E-state index contributed by atoms with van der Waals surface area (Å²) in [4.78, 5) is 23.2. The number of carbonyl (C=O) groups excluding carboxylic acids is 2. The van der Waals surface area contributed by atoms with Gasteiger partial charge in [0, 0.05) is 11.8 Å². The van der Waals surface area contributed by atoms with Crippen LogP contribution in [0.5, 0.6) is 5.75 Å². The van der Waals surface area contributed by atoms with Crippen molar-refractivity contribution in [2.45, 2.75) is 6.92 Å². The largest absolute Gasteiger partial charge is 0.484 e. The summed E-state index contributed by atoms with van der Waals surface area (Å²) in [7, 11) is 0. The lowest BCUT2D eigenvalue weighted by atomic mass is 10.1. The van der Waals surface area contributed by atoms with Crippen molar-refractivity contribution in [3.05, 3.63) is 84.2 Å². The van der Waals surface area contributed by atoms with Gasteiger partial charge in [-0.3, -0.25) is 9.59 Å². The van der Waals surface area contributed by atoms with Crippen LogP contribution in [0.15, 0.2) is 83.0 Å². The first-order valence-corrected chi connectivity index (χ1v) is 8.81. The summed E-state index contributed by atoms with van der Waals surface area (Å²) in [5, 5.41) is 10.9. The zero-order valence-electron chi connectivity index (χ0n) is 15.6. The number of nitrogens with zero attached hydrogens (tertiary/aromatic N) is 2. The Bertz CT molecular complexity index is 1030. The van der Waals surface area contributed by atoms with E-state index in [1.807, 2.05) is 30.3 Å². The smallest absolute Gasteiger partial charge is 0.262 e. The quantitative estimate of drug-likeness (QED) is 0.429. The van der Waals surface area contributed by atoms with Crippen molar-refractivity contribution in [1.29, 1.82) is 0 Å². The average molecular weight is 391 g/mol. The number of anilines is 1. The number of nitrogens with one attached hydrogen (secondary N) is 1. The van der Waals surface area contributed by atoms with Crippen LogP contribution in [0.4, 0.5) is 21.5 Å². The van der Waals surface area contributed by atoms with Gasteiger partial charge in [0.25, 0.3) is 5.91 Å². The number of Topliss-reactive ketones (excluding diaryl/α,β-unsaturated/α-hetero) is 1. The summed E-state index contributed by atoms with van der Waals surface area (Å²) in [6, 6.07) is 20.0. The molecule has 6 nitrogen and oxygen atoms in total. The minimum absolute atomic E-state index is 0.0219. The minimum Gasteiger partial charge on any atom is -0.484 e. The molecule has 0 radical (unpaired) electrons. The fraction of sp³-hybridized carbons (Fsp3) is 0.0909. The SMILES string of the molecule is CC(=O)c1ccc(OCC(=O)Nc2ccc(N=Nc3ccccc3)cc2)cc1F. The predicted octanol–water partition coefficient (Wildman–Crippen LogP) is 5.46. The zero-order chi connectivity index (χ0) is 20.6. The van der Waals surface area contributed by atoms with E-state index in [4.69, 9.17) is 4.74 Å². The van der Waals surface area contributed by atoms with Crippen LogP contribution in [-0.4, -0.2) is 18.3 Å². The second-order valence-electron chi connectivity index (χ2n) is 6.12. The van der Waals surface area contributed by atoms with E-state index in [-0.39, 0.29) is 23.7 Å². The first-order valence-electron chi connectivity index (χ1n) is 8.81. The highest BCUT2D eigenvalue weighted by atomic mass is 19.1. The van der Waals surface area contributed by atoms with Gasteiger partial charge in [-0.2, -0.15) is 10.2 Å². The van der Waals surface area contributed by atoms with Gasteiger partial charge in [0.05, 0.1) is 16.9 Å². The van der Waals surface area contributed by atoms with Gasteiger partial charge in [-0.05, 0) is 55.5 Å². The molecule has 7 heteroatoms. The van der Waals surface area contributed by atoms with Gasteiger partial charge in [0.1, 0.15) is 11.6 Å². The van der Waals surface area contributed by atoms with Gasteiger partial charge in [-0.15, -0.1) is 0 Å².